The van der Waals surface area contributed by atoms with E-state index in [-0.39, 0.29) is 6.61 Å². The Bertz CT molecular complexity index is 862. The van der Waals surface area contributed by atoms with Crippen LogP contribution in [0.3, 0.4) is 0 Å². The Hall–Kier alpha value is -2.38. The number of nitrogens with zero attached hydrogens (tertiary/aromatic N) is 1. The Balaban J connectivity index is 1.62. The Morgan fingerprint density at radius 2 is 1.74 bits per heavy atom. The number of aromatic nitrogens is 1. The first-order valence-electron chi connectivity index (χ1n) is 8.23. The lowest BCUT2D eigenvalue weighted by molar-refractivity contribution is -0.137. The van der Waals surface area contributed by atoms with Gasteiger partial charge in [-0.3, -0.25) is 4.98 Å². The van der Waals surface area contributed by atoms with E-state index in [0.29, 0.717) is 12.2 Å². The molecule has 3 nitrogen and oxygen atoms in total. The van der Waals surface area contributed by atoms with Gasteiger partial charge in [-0.25, -0.2) is 0 Å². The summed E-state index contributed by atoms with van der Waals surface area (Å²) < 4.78 is 48.9. The summed E-state index contributed by atoms with van der Waals surface area (Å²) in [7, 11) is 1.59. The van der Waals surface area contributed by atoms with Gasteiger partial charge in [-0.2, -0.15) is 13.2 Å². The quantitative estimate of drug-likeness (QED) is 0.533. The average Bonchev–Trinajstić information content (AvgIpc) is 3.15. The first-order chi connectivity index (χ1) is 13.0. The monoisotopic (exact) mass is 393 g/mol. The minimum absolute atomic E-state index is 0.223. The molecule has 3 aromatic rings. The zero-order chi connectivity index (χ0) is 19.3. The second kappa shape index (κ2) is 8.54. The van der Waals surface area contributed by atoms with Crippen LogP contribution < -0.4 is 4.74 Å². The summed E-state index contributed by atoms with van der Waals surface area (Å²) in [5.41, 5.74) is 3.83. The minimum Gasteiger partial charge on any atom is -0.496 e. The zero-order valence-corrected chi connectivity index (χ0v) is 15.4. The third-order valence-electron chi connectivity index (χ3n) is 4.01. The van der Waals surface area contributed by atoms with Gasteiger partial charge in [0.2, 0.25) is 0 Å². The molecular weight excluding hydrogens is 375 g/mol. The first-order valence-corrected chi connectivity index (χ1v) is 9.10. The van der Waals surface area contributed by atoms with Crippen molar-refractivity contribution in [3.05, 3.63) is 81.3 Å². The normalized spacial score (nSPS) is 11.6. The van der Waals surface area contributed by atoms with Crippen LogP contribution in [0.5, 0.6) is 5.75 Å². The molecule has 1 heterocycles. The Kier molecular flexibility index (Phi) is 6.13. The topological polar surface area (TPSA) is 31.4 Å². The first kappa shape index (κ1) is 19.4. The molecule has 0 amide bonds. The van der Waals surface area contributed by atoms with Crippen LogP contribution in [0.2, 0.25) is 0 Å². The average molecular weight is 393 g/mol. The molecule has 0 aliphatic carbocycles. The third kappa shape index (κ3) is 5.30. The number of thiazole rings is 1. The molecule has 0 bridgehead atoms. The molecule has 0 aliphatic heterocycles. The van der Waals surface area contributed by atoms with Gasteiger partial charge < -0.3 is 9.47 Å². The number of rotatable bonds is 7. The van der Waals surface area contributed by atoms with Crippen molar-refractivity contribution in [1.82, 2.24) is 4.98 Å². The van der Waals surface area contributed by atoms with Crippen molar-refractivity contribution in [2.45, 2.75) is 25.8 Å². The highest BCUT2D eigenvalue weighted by molar-refractivity contribution is 7.09. The predicted octanol–water partition coefficient (Wildman–Crippen LogP) is 5.48. The van der Waals surface area contributed by atoms with Crippen molar-refractivity contribution < 1.29 is 22.6 Å². The molecule has 0 saturated heterocycles. The second-order valence-electron chi connectivity index (χ2n) is 5.98. The highest BCUT2D eigenvalue weighted by Gasteiger charge is 2.29. The van der Waals surface area contributed by atoms with Crippen molar-refractivity contribution in [3.63, 3.8) is 0 Å². The molecule has 0 radical (unpaired) electrons. The predicted molar refractivity (Wildman–Crippen MR) is 97.9 cm³/mol. The van der Waals surface area contributed by atoms with Crippen LogP contribution in [0, 0.1) is 0 Å². The van der Waals surface area contributed by atoms with Crippen LogP contribution in [0.25, 0.3) is 0 Å². The lowest BCUT2D eigenvalue weighted by Gasteiger charge is -2.12. The molecule has 3 rings (SSSR count). The molecule has 27 heavy (non-hydrogen) atoms. The van der Waals surface area contributed by atoms with E-state index in [1.54, 1.807) is 24.0 Å². The number of hydrogen-bond acceptors (Lipinski definition) is 4. The summed E-state index contributed by atoms with van der Waals surface area (Å²) in [6, 6.07) is 10.9. The Labute approximate surface area is 159 Å². The zero-order valence-electron chi connectivity index (χ0n) is 14.6. The summed E-state index contributed by atoms with van der Waals surface area (Å²) >= 11 is 1.60. The number of hydrogen-bond donors (Lipinski definition) is 0. The fourth-order valence-corrected chi connectivity index (χ4v) is 3.28. The highest BCUT2D eigenvalue weighted by atomic mass is 32.1. The third-order valence-corrected chi connectivity index (χ3v) is 4.79. The molecule has 0 saturated carbocycles. The molecule has 2 aromatic carbocycles. The molecule has 142 valence electrons. The fourth-order valence-electron chi connectivity index (χ4n) is 2.65. The van der Waals surface area contributed by atoms with Gasteiger partial charge in [-0.1, -0.05) is 18.2 Å². The van der Waals surface area contributed by atoms with Crippen molar-refractivity contribution in [2.24, 2.45) is 0 Å². The summed E-state index contributed by atoms with van der Waals surface area (Å²) in [5.74, 6) is 0.718. The largest absolute Gasteiger partial charge is 0.496 e. The molecule has 0 fully saturated rings. The van der Waals surface area contributed by atoms with E-state index in [2.05, 4.69) is 4.98 Å². The van der Waals surface area contributed by atoms with E-state index in [4.69, 9.17) is 9.47 Å². The number of alkyl halides is 3. The maximum atomic E-state index is 12.6. The van der Waals surface area contributed by atoms with Crippen LogP contribution in [-0.2, 0) is 30.5 Å². The number of methoxy groups -OCH3 is 1. The highest BCUT2D eigenvalue weighted by Crippen LogP contribution is 2.29. The van der Waals surface area contributed by atoms with Gasteiger partial charge >= 0.3 is 6.18 Å². The van der Waals surface area contributed by atoms with Gasteiger partial charge in [0.1, 0.15) is 5.75 Å². The van der Waals surface area contributed by atoms with E-state index < -0.39 is 11.7 Å². The van der Waals surface area contributed by atoms with Crippen molar-refractivity contribution in [2.75, 3.05) is 7.11 Å². The molecule has 0 aliphatic rings. The Morgan fingerprint density at radius 3 is 2.37 bits per heavy atom. The summed E-state index contributed by atoms with van der Waals surface area (Å²) in [6.45, 7) is 0.529. The maximum absolute atomic E-state index is 12.6. The minimum atomic E-state index is -4.33. The number of benzene rings is 2. The van der Waals surface area contributed by atoms with E-state index in [9.17, 15) is 13.2 Å². The molecule has 0 spiro atoms. The molecule has 0 N–H and O–H groups in total. The van der Waals surface area contributed by atoms with Crippen LogP contribution in [-0.4, -0.2) is 12.1 Å². The summed E-state index contributed by atoms with van der Waals surface area (Å²) in [6.07, 6.45) is -1.71. The SMILES string of the molecule is COc1ccc(Cc2cncs2)cc1COCc1ccc(C(F)(F)F)cc1. The van der Waals surface area contributed by atoms with Crippen LogP contribution in [0.1, 0.15) is 27.1 Å². The molecule has 1 aromatic heterocycles. The van der Waals surface area contributed by atoms with E-state index in [1.165, 1.54) is 12.1 Å². The van der Waals surface area contributed by atoms with Gasteiger partial charge in [0.05, 0.1) is 31.4 Å². The lowest BCUT2D eigenvalue weighted by atomic mass is 10.1. The standard InChI is InChI=1S/C20H18F3NO2S/c1-25-19-7-4-15(9-18-10-24-13-27-18)8-16(19)12-26-11-14-2-5-17(6-3-14)20(21,22)23/h2-8,10,13H,9,11-12H2,1H3. The van der Waals surface area contributed by atoms with Gasteiger partial charge in [0.25, 0.3) is 0 Å². The molecule has 7 heteroatoms. The maximum Gasteiger partial charge on any atom is 0.416 e. The van der Waals surface area contributed by atoms with Crippen LogP contribution >= 0.6 is 11.3 Å². The summed E-state index contributed by atoms with van der Waals surface area (Å²) in [5, 5.41) is 0. The Morgan fingerprint density at radius 1 is 1.00 bits per heavy atom. The lowest BCUT2D eigenvalue weighted by Crippen LogP contribution is -2.05. The van der Waals surface area contributed by atoms with E-state index >= 15 is 0 Å². The summed E-state index contributed by atoms with van der Waals surface area (Å²) in [4.78, 5) is 5.24. The van der Waals surface area contributed by atoms with E-state index in [1.807, 2.05) is 24.4 Å². The number of ether oxygens (including phenoxy) is 2. The van der Waals surface area contributed by atoms with Gasteiger partial charge in [0, 0.05) is 23.1 Å². The molecule has 0 unspecified atom stereocenters. The van der Waals surface area contributed by atoms with Gasteiger partial charge in [-0.15, -0.1) is 11.3 Å². The van der Waals surface area contributed by atoms with Crippen molar-refractivity contribution >= 4 is 11.3 Å². The number of halogens is 3. The van der Waals surface area contributed by atoms with Crippen molar-refractivity contribution in [1.29, 1.82) is 0 Å². The fraction of sp³-hybridized carbons (Fsp3) is 0.250. The van der Waals surface area contributed by atoms with Crippen LogP contribution in [0.4, 0.5) is 13.2 Å². The van der Waals surface area contributed by atoms with Crippen molar-refractivity contribution in [3.8, 4) is 5.75 Å². The van der Waals surface area contributed by atoms with Gasteiger partial charge in [-0.05, 0) is 35.4 Å². The smallest absolute Gasteiger partial charge is 0.416 e. The molecule has 0 atom stereocenters. The molecular formula is C20H18F3NO2S. The van der Waals surface area contributed by atoms with Gasteiger partial charge in [0.15, 0.2) is 0 Å². The second-order valence-corrected chi connectivity index (χ2v) is 6.95. The van der Waals surface area contributed by atoms with Crippen LogP contribution in [0.15, 0.2) is 54.2 Å². The van der Waals surface area contributed by atoms with E-state index in [0.717, 1.165) is 40.3 Å².